The zero-order chi connectivity index (χ0) is 55.0. The van der Waals surface area contributed by atoms with Crippen LogP contribution in [-0.2, 0) is 14.3 Å². The maximum Gasteiger partial charge on any atom is 0.305 e. The summed E-state index contributed by atoms with van der Waals surface area (Å²) in [5, 5.41) is 23.1. The number of hydrogen-bond donors (Lipinski definition) is 3. The molecule has 0 rings (SSSR count). The van der Waals surface area contributed by atoms with E-state index in [9.17, 15) is 19.8 Å². The second kappa shape index (κ2) is 66.1. The lowest BCUT2D eigenvalue weighted by atomic mass is 10.0. The quantitative estimate of drug-likeness (QED) is 0.0320. The van der Waals surface area contributed by atoms with Crippen LogP contribution in [0.1, 0.15) is 399 Å². The lowest BCUT2D eigenvalue weighted by molar-refractivity contribution is -0.143. The number of carbonyl (C=O) groups excluding carboxylic acids is 2. The number of esters is 1. The van der Waals surface area contributed by atoms with E-state index in [1.165, 1.54) is 321 Å². The first-order chi connectivity index (χ1) is 37.5. The van der Waals surface area contributed by atoms with Crippen molar-refractivity contribution in [3.63, 3.8) is 0 Å². The fourth-order valence-corrected chi connectivity index (χ4v) is 11.2. The van der Waals surface area contributed by atoms with E-state index in [0.717, 1.165) is 44.9 Å². The number of amides is 1. The van der Waals surface area contributed by atoms with Gasteiger partial charge < -0.3 is 20.3 Å². The van der Waals surface area contributed by atoms with Gasteiger partial charge in [0, 0.05) is 12.8 Å². The second-order valence-electron chi connectivity index (χ2n) is 24.2. The SMILES string of the molecule is CCCCCCCC/C=C\CCCCCCCC(=O)OCCCCCCCCCCCCCCCCCCCCCCCCCCCCCCCCCCCCCC(=O)NC(CO)C(O)CCCCCCCCCCC. The minimum absolute atomic E-state index is 0.0153. The zero-order valence-corrected chi connectivity index (χ0v) is 51.8. The Morgan fingerprint density at radius 1 is 0.355 bits per heavy atom. The summed E-state index contributed by atoms with van der Waals surface area (Å²) < 4.78 is 5.49. The van der Waals surface area contributed by atoms with Crippen LogP contribution < -0.4 is 5.32 Å². The van der Waals surface area contributed by atoms with Crippen LogP contribution in [0.15, 0.2) is 12.2 Å². The Kier molecular flexibility index (Phi) is 64.9. The van der Waals surface area contributed by atoms with Gasteiger partial charge in [0.1, 0.15) is 0 Å². The highest BCUT2D eigenvalue weighted by Gasteiger charge is 2.20. The number of carbonyl (C=O) groups is 2. The van der Waals surface area contributed by atoms with Crippen molar-refractivity contribution >= 4 is 11.9 Å². The molecule has 2 atom stereocenters. The molecule has 0 aliphatic carbocycles. The van der Waals surface area contributed by atoms with Gasteiger partial charge in [0.15, 0.2) is 0 Å². The van der Waals surface area contributed by atoms with Crippen LogP contribution in [0.2, 0.25) is 0 Å². The van der Waals surface area contributed by atoms with Gasteiger partial charge in [-0.05, 0) is 51.4 Å². The van der Waals surface area contributed by atoms with Gasteiger partial charge in [-0.1, -0.05) is 347 Å². The summed E-state index contributed by atoms with van der Waals surface area (Å²) >= 11 is 0. The van der Waals surface area contributed by atoms with Crippen molar-refractivity contribution in [2.75, 3.05) is 13.2 Å². The molecule has 0 heterocycles. The molecule has 0 aromatic carbocycles. The zero-order valence-electron chi connectivity index (χ0n) is 51.8. The molecule has 3 N–H and O–H groups in total. The first-order valence-corrected chi connectivity index (χ1v) is 34.9. The molecule has 1 amide bonds. The van der Waals surface area contributed by atoms with E-state index >= 15 is 0 Å². The number of nitrogens with one attached hydrogen (secondary N) is 1. The van der Waals surface area contributed by atoms with Gasteiger partial charge in [-0.15, -0.1) is 0 Å². The molecule has 2 unspecified atom stereocenters. The normalized spacial score (nSPS) is 12.5. The number of allylic oxidation sites excluding steroid dienone is 2. The molecule has 0 spiro atoms. The molecular weight excluding hydrogens is 935 g/mol. The Balaban J connectivity index is 3.27. The molecule has 0 saturated heterocycles. The highest BCUT2D eigenvalue weighted by atomic mass is 16.5. The van der Waals surface area contributed by atoms with Crippen LogP contribution >= 0.6 is 0 Å². The van der Waals surface area contributed by atoms with Crippen LogP contribution in [0.25, 0.3) is 0 Å². The molecule has 0 aliphatic heterocycles. The molecule has 0 aromatic heterocycles. The van der Waals surface area contributed by atoms with Gasteiger partial charge in [0.25, 0.3) is 0 Å². The minimum atomic E-state index is -0.657. The van der Waals surface area contributed by atoms with E-state index in [1.54, 1.807) is 0 Å². The summed E-state index contributed by atoms with van der Waals surface area (Å²) in [5.41, 5.74) is 0. The fourth-order valence-electron chi connectivity index (χ4n) is 11.2. The van der Waals surface area contributed by atoms with Crippen molar-refractivity contribution in [1.82, 2.24) is 5.32 Å². The van der Waals surface area contributed by atoms with Gasteiger partial charge in [-0.3, -0.25) is 9.59 Å². The molecule has 0 aliphatic rings. The van der Waals surface area contributed by atoms with E-state index in [1.807, 2.05) is 0 Å². The van der Waals surface area contributed by atoms with Crippen LogP contribution in [0.3, 0.4) is 0 Å². The maximum absolute atomic E-state index is 12.4. The van der Waals surface area contributed by atoms with Crippen molar-refractivity contribution in [2.45, 2.75) is 411 Å². The van der Waals surface area contributed by atoms with Crippen LogP contribution in [0.4, 0.5) is 0 Å². The Morgan fingerprint density at radius 2 is 0.618 bits per heavy atom. The van der Waals surface area contributed by atoms with E-state index in [0.29, 0.717) is 25.9 Å². The molecule has 6 nitrogen and oxygen atoms in total. The van der Waals surface area contributed by atoms with Crippen molar-refractivity contribution in [2.24, 2.45) is 0 Å². The van der Waals surface area contributed by atoms with E-state index in [4.69, 9.17) is 4.74 Å². The topological polar surface area (TPSA) is 95.9 Å². The Morgan fingerprint density at radius 3 is 0.934 bits per heavy atom. The average molecular weight is 1070 g/mol. The molecule has 0 fully saturated rings. The summed E-state index contributed by atoms with van der Waals surface area (Å²) in [6.07, 6.45) is 81.5. The molecule has 0 saturated carbocycles. The first kappa shape index (κ1) is 74.6. The average Bonchev–Trinajstić information content (AvgIpc) is 3.42. The lowest BCUT2D eigenvalue weighted by Crippen LogP contribution is -2.45. The Hall–Kier alpha value is -1.40. The second-order valence-corrected chi connectivity index (χ2v) is 24.2. The number of rotatable bonds is 66. The number of unbranched alkanes of at least 4 members (excludes halogenated alkanes) is 53. The van der Waals surface area contributed by atoms with E-state index in [2.05, 4.69) is 31.3 Å². The van der Waals surface area contributed by atoms with Gasteiger partial charge in [0.05, 0.1) is 25.4 Å². The fraction of sp³-hybridized carbons (Fsp3) is 0.943. The molecule has 452 valence electrons. The summed E-state index contributed by atoms with van der Waals surface area (Å²) in [4.78, 5) is 24.5. The Bertz CT molecular complexity index is 1140. The van der Waals surface area contributed by atoms with Gasteiger partial charge >= 0.3 is 5.97 Å². The van der Waals surface area contributed by atoms with Gasteiger partial charge in [-0.2, -0.15) is 0 Å². The monoisotopic (exact) mass is 1070 g/mol. The van der Waals surface area contributed by atoms with Gasteiger partial charge in [-0.25, -0.2) is 0 Å². The summed E-state index contributed by atoms with van der Waals surface area (Å²) in [5.74, 6) is -0.0148. The number of hydrogen-bond acceptors (Lipinski definition) is 5. The largest absolute Gasteiger partial charge is 0.466 e. The van der Waals surface area contributed by atoms with Crippen LogP contribution in [0, 0.1) is 0 Å². The lowest BCUT2D eigenvalue weighted by Gasteiger charge is -2.22. The molecule has 0 bridgehead atoms. The van der Waals surface area contributed by atoms with E-state index < -0.39 is 12.1 Å². The van der Waals surface area contributed by atoms with Crippen molar-refractivity contribution < 1.29 is 24.5 Å². The predicted molar refractivity (Wildman–Crippen MR) is 333 cm³/mol. The summed E-state index contributed by atoms with van der Waals surface area (Å²) in [7, 11) is 0. The molecule has 76 heavy (non-hydrogen) atoms. The van der Waals surface area contributed by atoms with Crippen molar-refractivity contribution in [3.05, 3.63) is 12.2 Å². The number of aliphatic hydroxyl groups excluding tert-OH is 2. The van der Waals surface area contributed by atoms with Crippen molar-refractivity contribution in [1.29, 1.82) is 0 Å². The third-order valence-electron chi connectivity index (χ3n) is 16.6. The smallest absolute Gasteiger partial charge is 0.305 e. The summed E-state index contributed by atoms with van der Waals surface area (Å²) in [6.45, 7) is 4.96. The van der Waals surface area contributed by atoms with Crippen molar-refractivity contribution in [3.8, 4) is 0 Å². The standard InChI is InChI=1S/C70H137NO5/c1-3-5-7-9-11-13-14-15-37-41-44-48-52-56-60-64-70(75)76-65-61-57-53-49-45-42-39-36-34-32-30-28-26-24-22-20-18-16-17-19-21-23-25-27-29-31-33-35-38-40-43-47-51-55-59-63-69(74)71-67(66-72)68(73)62-58-54-50-46-12-10-8-6-4-2/h15,37,67-68,72-73H,3-14,16-36,38-66H2,1-2H3,(H,71,74)/b37-15-. The highest BCUT2D eigenvalue weighted by molar-refractivity contribution is 5.76. The van der Waals surface area contributed by atoms with Crippen LogP contribution in [-0.4, -0.2) is 47.4 Å². The van der Waals surface area contributed by atoms with E-state index in [-0.39, 0.29) is 18.5 Å². The van der Waals surface area contributed by atoms with Crippen LogP contribution in [0.5, 0.6) is 0 Å². The molecule has 6 heteroatoms. The minimum Gasteiger partial charge on any atom is -0.466 e. The Labute approximate surface area is 476 Å². The molecule has 0 radical (unpaired) electrons. The predicted octanol–water partition coefficient (Wildman–Crippen LogP) is 22.4. The molecule has 0 aromatic rings. The summed E-state index contributed by atoms with van der Waals surface area (Å²) in [6, 6.07) is -0.534. The number of aliphatic hydroxyl groups is 2. The number of ether oxygens (including phenoxy) is 1. The molecular formula is C70H137NO5. The van der Waals surface area contributed by atoms with Gasteiger partial charge in [0.2, 0.25) is 5.91 Å². The first-order valence-electron chi connectivity index (χ1n) is 34.9. The third-order valence-corrected chi connectivity index (χ3v) is 16.6. The third kappa shape index (κ3) is 61.8. The maximum atomic E-state index is 12.4. The highest BCUT2D eigenvalue weighted by Crippen LogP contribution is 2.19.